The molecule has 0 radical (unpaired) electrons. The fourth-order valence-corrected chi connectivity index (χ4v) is 7.36. The van der Waals surface area contributed by atoms with Crippen LogP contribution in [0, 0.1) is 13.8 Å². The van der Waals surface area contributed by atoms with Gasteiger partial charge in [-0.2, -0.15) is 0 Å². The number of hydrogen-bond acceptors (Lipinski definition) is 6. The third-order valence-corrected chi connectivity index (χ3v) is 9.73. The first-order valence-corrected chi connectivity index (χ1v) is 17.0. The molecule has 0 spiro atoms. The molecule has 0 atom stereocenters. The molecule has 0 bridgehead atoms. The van der Waals surface area contributed by atoms with Crippen molar-refractivity contribution in [3.63, 3.8) is 0 Å². The highest BCUT2D eigenvalue weighted by molar-refractivity contribution is 5.78. The average molecular weight is 659 g/mol. The van der Waals surface area contributed by atoms with Crippen molar-refractivity contribution in [1.29, 1.82) is 0 Å². The van der Waals surface area contributed by atoms with Gasteiger partial charge < -0.3 is 29.5 Å². The number of hydrogen-bond donors (Lipinski definition) is 3. The van der Waals surface area contributed by atoms with Crippen molar-refractivity contribution in [2.75, 3.05) is 19.8 Å². The Bertz CT molecular complexity index is 1630. The predicted molar refractivity (Wildman–Crippen MR) is 182 cm³/mol. The van der Waals surface area contributed by atoms with Crippen molar-refractivity contribution in [2.24, 2.45) is 0 Å². The summed E-state index contributed by atoms with van der Waals surface area (Å²) in [6.07, 6.45) is 11.3. The van der Waals surface area contributed by atoms with Crippen molar-refractivity contribution in [3.8, 4) is 28.4 Å². The lowest BCUT2D eigenvalue weighted by molar-refractivity contribution is -0.140. The van der Waals surface area contributed by atoms with E-state index in [0.717, 1.165) is 95.9 Å². The Kier molecular flexibility index (Phi) is 11.6. The standard InChI is InChI=1S/C39H46O9/c1-24-16-34(46-21-36(40)41)32(26-10-5-3-6-11-26)19-29(24)18-28-14-9-15-30(39(28)48-23-38(44)45)31-20-33(27-12-7-4-8-13-27)35(17-25(31)2)47-22-37(42)43/h9,14-17,19-20,26-27H,3-8,10-13,18,21-23H2,1-2H3,(H,40,41)(H,42,43)(H,44,45). The maximum atomic E-state index is 11.8. The van der Waals surface area contributed by atoms with E-state index in [-0.39, 0.29) is 11.8 Å². The first-order valence-electron chi connectivity index (χ1n) is 17.0. The normalized spacial score (nSPS) is 15.5. The Morgan fingerprint density at radius 3 is 1.65 bits per heavy atom. The van der Waals surface area contributed by atoms with Gasteiger partial charge >= 0.3 is 17.9 Å². The number of carbonyl (C=O) groups is 3. The molecule has 9 heteroatoms. The molecular formula is C39H46O9. The zero-order chi connectivity index (χ0) is 34.2. The number of ether oxygens (including phenoxy) is 3. The zero-order valence-electron chi connectivity index (χ0n) is 27.9. The van der Waals surface area contributed by atoms with E-state index in [4.69, 9.17) is 14.2 Å². The second kappa shape index (κ2) is 16.0. The fourth-order valence-electron chi connectivity index (χ4n) is 7.36. The molecule has 48 heavy (non-hydrogen) atoms. The van der Waals surface area contributed by atoms with Gasteiger partial charge in [0.25, 0.3) is 0 Å². The van der Waals surface area contributed by atoms with Crippen LogP contribution in [0.4, 0.5) is 0 Å². The predicted octanol–water partition coefficient (Wildman–Crippen LogP) is 8.05. The second-order valence-electron chi connectivity index (χ2n) is 13.2. The van der Waals surface area contributed by atoms with Crippen molar-refractivity contribution in [1.82, 2.24) is 0 Å². The number of benzene rings is 3. The smallest absolute Gasteiger partial charge is 0.341 e. The second-order valence-corrected chi connectivity index (χ2v) is 13.2. The van der Waals surface area contributed by atoms with Gasteiger partial charge in [-0.25, -0.2) is 14.4 Å². The Labute approximate surface area is 281 Å². The molecule has 0 heterocycles. The fraction of sp³-hybridized carbons (Fsp3) is 0.462. The summed E-state index contributed by atoms with van der Waals surface area (Å²) in [6.45, 7) is 2.58. The molecule has 0 unspecified atom stereocenters. The highest BCUT2D eigenvalue weighted by Crippen LogP contribution is 2.45. The Hall–Kier alpha value is -4.53. The molecule has 0 aliphatic heterocycles. The summed E-state index contributed by atoms with van der Waals surface area (Å²) in [7, 11) is 0. The van der Waals surface area contributed by atoms with Gasteiger partial charge in [0.2, 0.25) is 0 Å². The minimum absolute atomic E-state index is 0.233. The van der Waals surface area contributed by atoms with Crippen LogP contribution in [-0.4, -0.2) is 53.0 Å². The number of aliphatic carboxylic acids is 3. The minimum atomic E-state index is -1.08. The van der Waals surface area contributed by atoms with Crippen LogP contribution in [0.25, 0.3) is 11.1 Å². The molecule has 0 saturated heterocycles. The van der Waals surface area contributed by atoms with E-state index in [1.54, 1.807) is 0 Å². The topological polar surface area (TPSA) is 140 Å². The maximum absolute atomic E-state index is 11.8. The molecule has 2 fully saturated rings. The van der Waals surface area contributed by atoms with Gasteiger partial charge in [-0.05, 0) is 109 Å². The molecule has 0 amide bonds. The van der Waals surface area contributed by atoms with Crippen LogP contribution < -0.4 is 14.2 Å². The van der Waals surface area contributed by atoms with E-state index in [1.807, 2.05) is 44.2 Å². The average Bonchev–Trinajstić information content (AvgIpc) is 3.07. The summed E-state index contributed by atoms with van der Waals surface area (Å²) in [4.78, 5) is 34.5. The Morgan fingerprint density at radius 2 is 1.10 bits per heavy atom. The minimum Gasteiger partial charge on any atom is -0.482 e. The van der Waals surface area contributed by atoms with Gasteiger partial charge in [-0.1, -0.05) is 62.8 Å². The van der Waals surface area contributed by atoms with Gasteiger partial charge in [0.05, 0.1) is 0 Å². The molecule has 2 saturated carbocycles. The van der Waals surface area contributed by atoms with E-state index in [1.165, 1.54) is 12.8 Å². The lowest BCUT2D eigenvalue weighted by atomic mass is 9.81. The van der Waals surface area contributed by atoms with Crippen molar-refractivity contribution < 1.29 is 43.9 Å². The van der Waals surface area contributed by atoms with E-state index >= 15 is 0 Å². The van der Waals surface area contributed by atoms with Crippen LogP contribution in [0.1, 0.15) is 109 Å². The van der Waals surface area contributed by atoms with Crippen LogP contribution in [0.5, 0.6) is 17.2 Å². The number of carboxylic acids is 3. The van der Waals surface area contributed by atoms with E-state index in [9.17, 15) is 29.7 Å². The number of aryl methyl sites for hydroxylation is 2. The Balaban J connectivity index is 1.58. The highest BCUT2D eigenvalue weighted by Gasteiger charge is 2.25. The molecule has 0 aromatic heterocycles. The zero-order valence-corrected chi connectivity index (χ0v) is 27.9. The number of rotatable bonds is 14. The van der Waals surface area contributed by atoms with Gasteiger partial charge in [0, 0.05) is 12.0 Å². The SMILES string of the molecule is Cc1cc(OCC(=O)O)c(C2CCCCC2)cc1Cc1cccc(-c2cc(C3CCCCC3)c(OCC(=O)O)cc2C)c1OCC(=O)O. The summed E-state index contributed by atoms with van der Waals surface area (Å²) in [5.41, 5.74) is 7.31. The van der Waals surface area contributed by atoms with Crippen LogP contribution in [0.3, 0.4) is 0 Å². The lowest BCUT2D eigenvalue weighted by Gasteiger charge is -2.26. The Morgan fingerprint density at radius 1 is 0.604 bits per heavy atom. The van der Waals surface area contributed by atoms with Crippen molar-refractivity contribution in [3.05, 3.63) is 75.8 Å². The summed E-state index contributed by atoms with van der Waals surface area (Å²) in [5.74, 6) is -0.956. The van der Waals surface area contributed by atoms with Crippen LogP contribution in [0.2, 0.25) is 0 Å². The summed E-state index contributed by atoms with van der Waals surface area (Å²) >= 11 is 0. The summed E-state index contributed by atoms with van der Waals surface area (Å²) in [6, 6.07) is 13.9. The summed E-state index contributed by atoms with van der Waals surface area (Å²) in [5, 5.41) is 28.2. The first-order chi connectivity index (χ1) is 23.1. The molecule has 5 rings (SSSR count). The summed E-state index contributed by atoms with van der Waals surface area (Å²) < 4.78 is 17.7. The third-order valence-electron chi connectivity index (χ3n) is 9.73. The van der Waals surface area contributed by atoms with Crippen LogP contribution >= 0.6 is 0 Å². The molecule has 3 aromatic carbocycles. The number of para-hydroxylation sites is 1. The van der Waals surface area contributed by atoms with Crippen LogP contribution in [-0.2, 0) is 20.8 Å². The molecule has 3 aromatic rings. The third kappa shape index (κ3) is 8.68. The highest BCUT2D eigenvalue weighted by atomic mass is 16.5. The monoisotopic (exact) mass is 658 g/mol. The van der Waals surface area contributed by atoms with E-state index in [0.29, 0.717) is 23.7 Å². The molecule has 9 nitrogen and oxygen atoms in total. The van der Waals surface area contributed by atoms with Gasteiger partial charge in [0.1, 0.15) is 17.2 Å². The molecule has 2 aliphatic rings. The van der Waals surface area contributed by atoms with Gasteiger partial charge in [-0.3, -0.25) is 0 Å². The van der Waals surface area contributed by atoms with Gasteiger partial charge in [0.15, 0.2) is 19.8 Å². The molecule has 256 valence electrons. The first kappa shape index (κ1) is 34.8. The van der Waals surface area contributed by atoms with Crippen molar-refractivity contribution >= 4 is 17.9 Å². The lowest BCUT2D eigenvalue weighted by Crippen LogP contribution is -2.14. The van der Waals surface area contributed by atoms with E-state index in [2.05, 4.69) is 12.1 Å². The van der Waals surface area contributed by atoms with Crippen LogP contribution in [0.15, 0.2) is 42.5 Å². The molecule has 2 aliphatic carbocycles. The molecular weight excluding hydrogens is 612 g/mol. The van der Waals surface area contributed by atoms with E-state index < -0.39 is 37.7 Å². The van der Waals surface area contributed by atoms with Gasteiger partial charge in [-0.15, -0.1) is 0 Å². The largest absolute Gasteiger partial charge is 0.482 e. The number of carboxylic acid groups (broad SMARTS) is 3. The maximum Gasteiger partial charge on any atom is 0.341 e. The molecule has 3 N–H and O–H groups in total. The quantitative estimate of drug-likeness (QED) is 0.157. The van der Waals surface area contributed by atoms with Crippen molar-refractivity contribution in [2.45, 2.75) is 96.3 Å².